The minimum atomic E-state index is -4.97. The van der Waals surface area contributed by atoms with Crippen LogP contribution in [0, 0.1) is 17.8 Å². The van der Waals surface area contributed by atoms with Gasteiger partial charge in [-0.15, -0.1) is 0 Å². The molecule has 6 atom stereocenters. The average molecular weight is 1410 g/mol. The molecule has 0 rings (SSSR count). The number of unbranched alkanes of at least 4 members (excludes halogenated alkanes) is 37. The fourth-order valence-electron chi connectivity index (χ4n) is 11.2. The number of rotatable bonds is 73. The Morgan fingerprint density at radius 3 is 0.927 bits per heavy atom. The Morgan fingerprint density at radius 1 is 0.344 bits per heavy atom. The number of phosphoric ester groups is 2. The maximum absolute atomic E-state index is 13.1. The number of aliphatic hydroxyl groups is 1. The van der Waals surface area contributed by atoms with E-state index in [1.165, 1.54) is 161 Å². The molecule has 0 aromatic rings. The van der Waals surface area contributed by atoms with Crippen molar-refractivity contribution in [3.63, 3.8) is 0 Å². The average Bonchev–Trinajstić information content (AvgIpc) is 1.32. The molecule has 96 heavy (non-hydrogen) atoms. The fraction of sp³-hybridized carbons (Fsp3) is 0.896. The summed E-state index contributed by atoms with van der Waals surface area (Å²) in [5, 5.41) is 10.6. The first-order chi connectivity index (χ1) is 46.3. The Morgan fingerprint density at radius 2 is 0.615 bits per heavy atom. The second-order valence-corrected chi connectivity index (χ2v) is 31.2. The van der Waals surface area contributed by atoms with Gasteiger partial charge in [0, 0.05) is 25.7 Å². The normalized spacial score (nSPS) is 14.5. The van der Waals surface area contributed by atoms with Crippen LogP contribution in [0.3, 0.4) is 0 Å². The molecule has 0 fully saturated rings. The topological polar surface area (TPSA) is 237 Å². The Hall–Kier alpha value is -2.46. The molecule has 0 spiro atoms. The van der Waals surface area contributed by atoms with Gasteiger partial charge >= 0.3 is 39.5 Å². The molecule has 0 heterocycles. The minimum Gasteiger partial charge on any atom is -0.462 e. The molecular formula is C77H146O17P2. The molecule has 3 N–H and O–H groups in total. The molecule has 19 heteroatoms. The molecule has 0 saturated heterocycles. The van der Waals surface area contributed by atoms with Gasteiger partial charge in [-0.05, 0) is 69.1 Å². The number of carbonyl (C=O) groups excluding carboxylic acids is 4. The second kappa shape index (κ2) is 67.1. The molecule has 0 amide bonds. The van der Waals surface area contributed by atoms with E-state index in [-0.39, 0.29) is 25.7 Å². The number of hydrogen-bond donors (Lipinski definition) is 3. The number of allylic oxidation sites excluding steroid dienone is 4. The summed E-state index contributed by atoms with van der Waals surface area (Å²) < 4.78 is 68.4. The van der Waals surface area contributed by atoms with Crippen molar-refractivity contribution in [2.45, 2.75) is 388 Å². The molecule has 0 aliphatic rings. The number of ether oxygens (including phenoxy) is 4. The molecule has 0 aromatic carbocycles. The quantitative estimate of drug-likeness (QED) is 0.0169. The third-order valence-corrected chi connectivity index (χ3v) is 19.5. The standard InChI is InChI=1S/C77H146O17P2/c1-8-10-11-12-13-14-15-16-21-26-29-32-37-46-53-60-76(81)93-72(64-87-74(79)58-51-44-36-31-28-25-23-20-18-17-19-22-24-27-30-35-43-50-57-70(7)9-2)66-91-95(83,84)89-62-71(78)63-90-96(85,86)92-67-73(94-77(82)61-54-47-40-39-42-49-56-69(5)6)65-88-75(80)59-52-45-38-33-34-41-48-55-68(3)4/h14-16,21,68-73,78H,8-13,17-20,22-67H2,1-7H3,(H,83,84)(H,85,86)/b15-14-,21-16-/t70?,71?,72-,73-/m1/s1. The molecule has 0 aromatic heterocycles. The lowest BCUT2D eigenvalue weighted by molar-refractivity contribution is -0.161. The van der Waals surface area contributed by atoms with Crippen LogP contribution in [0.1, 0.15) is 370 Å². The van der Waals surface area contributed by atoms with Gasteiger partial charge in [-0.2, -0.15) is 0 Å². The van der Waals surface area contributed by atoms with Crippen LogP contribution >= 0.6 is 15.6 Å². The number of carbonyl (C=O) groups is 4. The van der Waals surface area contributed by atoms with Gasteiger partial charge in [0.25, 0.3) is 0 Å². The highest BCUT2D eigenvalue weighted by atomic mass is 31.2. The van der Waals surface area contributed by atoms with Crippen LogP contribution in [0.25, 0.3) is 0 Å². The monoisotopic (exact) mass is 1410 g/mol. The van der Waals surface area contributed by atoms with E-state index in [4.69, 9.17) is 37.0 Å². The smallest absolute Gasteiger partial charge is 0.462 e. The van der Waals surface area contributed by atoms with Crippen LogP contribution in [0.4, 0.5) is 0 Å². The number of hydrogen-bond acceptors (Lipinski definition) is 15. The lowest BCUT2D eigenvalue weighted by Gasteiger charge is -2.21. The Bertz CT molecular complexity index is 1970. The number of aliphatic hydroxyl groups excluding tert-OH is 1. The minimum absolute atomic E-state index is 0.0850. The van der Waals surface area contributed by atoms with Crippen molar-refractivity contribution in [1.29, 1.82) is 0 Å². The van der Waals surface area contributed by atoms with Crippen molar-refractivity contribution >= 4 is 39.5 Å². The van der Waals surface area contributed by atoms with Crippen LogP contribution in [0.2, 0.25) is 0 Å². The van der Waals surface area contributed by atoms with Crippen LogP contribution in [0.5, 0.6) is 0 Å². The summed E-state index contributed by atoms with van der Waals surface area (Å²) >= 11 is 0. The Kier molecular flexibility index (Phi) is 65.3. The summed E-state index contributed by atoms with van der Waals surface area (Å²) in [6, 6.07) is 0. The predicted molar refractivity (Wildman–Crippen MR) is 390 cm³/mol. The first-order valence-electron chi connectivity index (χ1n) is 39.2. The van der Waals surface area contributed by atoms with Crippen molar-refractivity contribution in [2.24, 2.45) is 17.8 Å². The number of esters is 4. The summed E-state index contributed by atoms with van der Waals surface area (Å²) in [6.07, 6.45) is 56.7. The van der Waals surface area contributed by atoms with Crippen molar-refractivity contribution in [3.8, 4) is 0 Å². The summed E-state index contributed by atoms with van der Waals surface area (Å²) in [6.45, 7) is 11.7. The zero-order valence-corrected chi connectivity index (χ0v) is 64.1. The van der Waals surface area contributed by atoms with E-state index in [0.29, 0.717) is 37.5 Å². The summed E-state index contributed by atoms with van der Waals surface area (Å²) in [7, 11) is -9.92. The van der Waals surface area contributed by atoms with Crippen molar-refractivity contribution in [2.75, 3.05) is 39.6 Å². The van der Waals surface area contributed by atoms with Gasteiger partial charge in [-0.3, -0.25) is 37.3 Å². The van der Waals surface area contributed by atoms with E-state index in [0.717, 1.165) is 115 Å². The Balaban J connectivity index is 5.19. The van der Waals surface area contributed by atoms with Crippen molar-refractivity contribution in [3.05, 3.63) is 24.3 Å². The largest absolute Gasteiger partial charge is 0.472 e. The van der Waals surface area contributed by atoms with E-state index in [2.05, 4.69) is 72.8 Å². The van der Waals surface area contributed by atoms with E-state index < -0.39 is 97.5 Å². The highest BCUT2D eigenvalue weighted by Gasteiger charge is 2.30. The van der Waals surface area contributed by atoms with Crippen LogP contribution < -0.4 is 0 Å². The van der Waals surface area contributed by atoms with Gasteiger partial charge in [0.2, 0.25) is 0 Å². The molecule has 4 unspecified atom stereocenters. The molecular weight excluding hydrogens is 1260 g/mol. The molecule has 0 aliphatic carbocycles. The maximum Gasteiger partial charge on any atom is 0.472 e. The van der Waals surface area contributed by atoms with Crippen molar-refractivity contribution < 1.29 is 80.2 Å². The van der Waals surface area contributed by atoms with Gasteiger partial charge in [0.15, 0.2) is 12.2 Å². The van der Waals surface area contributed by atoms with Gasteiger partial charge < -0.3 is 33.8 Å². The van der Waals surface area contributed by atoms with E-state index in [1.54, 1.807) is 0 Å². The lowest BCUT2D eigenvalue weighted by Crippen LogP contribution is -2.30. The fourth-order valence-corrected chi connectivity index (χ4v) is 12.8. The SMILES string of the molecule is CCCCCC/C=C\C=C/CCCCCCCC(=O)O[C@H](COC(=O)CCCCCCCCCCCCCCCCCCCCC(C)CC)COP(=O)(O)OCC(O)COP(=O)(O)OC[C@@H](COC(=O)CCCCCCCCCC(C)C)OC(=O)CCCCCCCCC(C)C. The van der Waals surface area contributed by atoms with Crippen LogP contribution in [-0.2, 0) is 65.4 Å². The first-order valence-corrected chi connectivity index (χ1v) is 42.2. The van der Waals surface area contributed by atoms with Gasteiger partial charge in [-0.1, -0.05) is 317 Å². The molecule has 0 saturated carbocycles. The van der Waals surface area contributed by atoms with Gasteiger partial charge in [-0.25, -0.2) is 9.13 Å². The summed E-state index contributed by atoms with van der Waals surface area (Å²) in [4.78, 5) is 72.7. The maximum atomic E-state index is 13.1. The van der Waals surface area contributed by atoms with E-state index >= 15 is 0 Å². The van der Waals surface area contributed by atoms with E-state index in [1.807, 2.05) is 0 Å². The predicted octanol–water partition coefficient (Wildman–Crippen LogP) is 22.1. The van der Waals surface area contributed by atoms with E-state index in [9.17, 15) is 43.2 Å². The highest BCUT2D eigenvalue weighted by Crippen LogP contribution is 2.45. The van der Waals surface area contributed by atoms with Crippen LogP contribution in [0.15, 0.2) is 24.3 Å². The molecule has 0 aliphatic heterocycles. The number of phosphoric acid groups is 2. The Labute approximate surface area is 586 Å². The van der Waals surface area contributed by atoms with Gasteiger partial charge in [0.05, 0.1) is 26.4 Å². The third-order valence-electron chi connectivity index (χ3n) is 17.6. The molecule has 0 bridgehead atoms. The highest BCUT2D eigenvalue weighted by molar-refractivity contribution is 7.47. The summed E-state index contributed by atoms with van der Waals surface area (Å²) in [5.41, 5.74) is 0. The van der Waals surface area contributed by atoms with Crippen LogP contribution in [-0.4, -0.2) is 96.7 Å². The molecule has 566 valence electrons. The third kappa shape index (κ3) is 68.7. The molecule has 17 nitrogen and oxygen atoms in total. The summed E-state index contributed by atoms with van der Waals surface area (Å²) in [5.74, 6) is 0.0884. The molecule has 0 radical (unpaired) electrons. The second-order valence-electron chi connectivity index (χ2n) is 28.3. The zero-order valence-electron chi connectivity index (χ0n) is 62.3. The first kappa shape index (κ1) is 93.5. The van der Waals surface area contributed by atoms with Gasteiger partial charge in [0.1, 0.15) is 19.3 Å². The zero-order chi connectivity index (χ0) is 70.9. The lowest BCUT2D eigenvalue weighted by atomic mass is 9.99. The van der Waals surface area contributed by atoms with Crippen molar-refractivity contribution in [1.82, 2.24) is 0 Å².